The molecule has 1 N–H and O–H groups in total. The van der Waals surface area contributed by atoms with Gasteiger partial charge < -0.3 is 10.0 Å². The topological polar surface area (TPSA) is 57.6 Å². The zero-order valence-electron chi connectivity index (χ0n) is 14.0. The maximum absolute atomic E-state index is 13.3. The molecule has 0 aliphatic carbocycles. The molecule has 2 aromatic rings. The van der Waals surface area contributed by atoms with Crippen LogP contribution in [-0.4, -0.2) is 27.9 Å². The number of nitrogens with zero attached hydrogens (tertiary/aromatic N) is 1. The molecule has 0 saturated carbocycles. The molecule has 2 atom stereocenters. The lowest BCUT2D eigenvalue weighted by atomic mass is 9.91. The molecular formula is C20H20FNO3. The molecule has 1 aliphatic heterocycles. The predicted octanol–water partition coefficient (Wildman–Crippen LogP) is 3.04. The molecule has 3 rings (SSSR count). The van der Waals surface area contributed by atoms with Crippen LogP contribution in [0.1, 0.15) is 23.6 Å². The minimum absolute atomic E-state index is 0.217. The molecular weight excluding hydrogens is 321 g/mol. The van der Waals surface area contributed by atoms with E-state index in [9.17, 15) is 19.1 Å². The monoisotopic (exact) mass is 341 g/mol. The summed E-state index contributed by atoms with van der Waals surface area (Å²) in [6, 6.07) is 12.9. The number of carbonyl (C=O) groups excluding carboxylic acids is 1. The van der Waals surface area contributed by atoms with Crippen LogP contribution in [0.5, 0.6) is 0 Å². The summed E-state index contributed by atoms with van der Waals surface area (Å²) in [7, 11) is 0. The van der Waals surface area contributed by atoms with Crippen LogP contribution in [0.2, 0.25) is 0 Å². The molecule has 0 spiro atoms. The van der Waals surface area contributed by atoms with Gasteiger partial charge in [0.05, 0.1) is 0 Å². The van der Waals surface area contributed by atoms with E-state index < -0.39 is 17.9 Å². The lowest BCUT2D eigenvalue weighted by Crippen LogP contribution is -2.50. The smallest absolute Gasteiger partial charge is 0.326 e. The molecule has 2 aromatic carbocycles. The van der Waals surface area contributed by atoms with Crippen molar-refractivity contribution in [2.24, 2.45) is 5.92 Å². The highest BCUT2D eigenvalue weighted by molar-refractivity contribution is 5.86. The molecule has 2 unspecified atom stereocenters. The Morgan fingerprint density at radius 3 is 2.60 bits per heavy atom. The van der Waals surface area contributed by atoms with Crippen molar-refractivity contribution < 1.29 is 19.1 Å². The first kappa shape index (κ1) is 17.1. The molecule has 0 radical (unpaired) electrons. The first-order chi connectivity index (χ1) is 12.0. The van der Waals surface area contributed by atoms with E-state index >= 15 is 0 Å². The number of carbonyl (C=O) groups is 2. The number of hydrogen-bond acceptors (Lipinski definition) is 2. The second kappa shape index (κ2) is 7.05. The summed E-state index contributed by atoms with van der Waals surface area (Å²) < 4.78 is 13.3. The van der Waals surface area contributed by atoms with E-state index in [0.29, 0.717) is 19.4 Å². The Bertz CT molecular complexity index is 805. The van der Waals surface area contributed by atoms with E-state index in [4.69, 9.17) is 0 Å². The van der Waals surface area contributed by atoms with Gasteiger partial charge in [-0.25, -0.2) is 9.18 Å². The van der Waals surface area contributed by atoms with E-state index in [2.05, 4.69) is 0 Å². The summed E-state index contributed by atoms with van der Waals surface area (Å²) in [6.07, 6.45) is 0.686. The van der Waals surface area contributed by atoms with Gasteiger partial charge in [0.1, 0.15) is 11.9 Å². The summed E-state index contributed by atoms with van der Waals surface area (Å²) >= 11 is 0. The molecule has 1 heterocycles. The summed E-state index contributed by atoms with van der Waals surface area (Å²) in [5, 5.41) is 9.55. The van der Waals surface area contributed by atoms with Gasteiger partial charge in [0.25, 0.3) is 0 Å². The average molecular weight is 341 g/mol. The third-order valence-electron chi connectivity index (χ3n) is 4.67. The van der Waals surface area contributed by atoms with Gasteiger partial charge in [-0.1, -0.05) is 43.3 Å². The van der Waals surface area contributed by atoms with Gasteiger partial charge >= 0.3 is 5.97 Å². The maximum atomic E-state index is 13.3. The number of fused-ring (bicyclic) bond motifs is 1. The maximum Gasteiger partial charge on any atom is 0.326 e. The lowest BCUT2D eigenvalue weighted by molar-refractivity contribution is -0.153. The third-order valence-corrected chi connectivity index (χ3v) is 4.67. The van der Waals surface area contributed by atoms with Gasteiger partial charge in [-0.05, 0) is 35.2 Å². The van der Waals surface area contributed by atoms with Crippen LogP contribution in [0, 0.1) is 11.7 Å². The van der Waals surface area contributed by atoms with Crippen LogP contribution in [0.4, 0.5) is 4.39 Å². The Balaban J connectivity index is 1.80. The summed E-state index contributed by atoms with van der Waals surface area (Å²) in [5.41, 5.74) is 2.67. The third kappa shape index (κ3) is 3.71. The Labute approximate surface area is 145 Å². The van der Waals surface area contributed by atoms with E-state index in [1.807, 2.05) is 24.3 Å². The van der Waals surface area contributed by atoms with Crippen LogP contribution >= 0.6 is 0 Å². The van der Waals surface area contributed by atoms with Gasteiger partial charge in [0.2, 0.25) is 5.91 Å². The average Bonchev–Trinajstić information content (AvgIpc) is 2.59. The molecule has 0 bridgehead atoms. The Hall–Kier alpha value is -2.69. The van der Waals surface area contributed by atoms with Crippen molar-refractivity contribution in [1.82, 2.24) is 4.90 Å². The Morgan fingerprint density at radius 2 is 1.92 bits per heavy atom. The fourth-order valence-electron chi connectivity index (χ4n) is 3.36. The molecule has 4 nitrogen and oxygen atoms in total. The van der Waals surface area contributed by atoms with Crippen molar-refractivity contribution in [1.29, 1.82) is 0 Å². The fourth-order valence-corrected chi connectivity index (χ4v) is 3.36. The summed E-state index contributed by atoms with van der Waals surface area (Å²) in [5.74, 6) is -1.98. The molecule has 25 heavy (non-hydrogen) atoms. The number of amides is 1. The minimum Gasteiger partial charge on any atom is -0.480 e. The fraction of sp³-hybridized carbons (Fsp3) is 0.300. The van der Waals surface area contributed by atoms with Crippen molar-refractivity contribution in [2.75, 3.05) is 0 Å². The van der Waals surface area contributed by atoms with Crippen LogP contribution in [0.25, 0.3) is 0 Å². The van der Waals surface area contributed by atoms with Gasteiger partial charge in [-0.2, -0.15) is 0 Å². The molecule has 0 aromatic heterocycles. The standard InChI is InChI=1S/C20H20FNO3/c1-13(9-14-5-4-8-17(21)10-14)19(23)22-12-16-7-3-2-6-15(16)11-18(22)20(24)25/h2-8,10,13,18H,9,11-12H2,1H3,(H,24,25). The van der Waals surface area contributed by atoms with Crippen LogP contribution in [0.15, 0.2) is 48.5 Å². The second-order valence-corrected chi connectivity index (χ2v) is 6.53. The van der Waals surface area contributed by atoms with Crippen LogP contribution in [-0.2, 0) is 29.0 Å². The van der Waals surface area contributed by atoms with Crippen LogP contribution < -0.4 is 0 Å². The zero-order chi connectivity index (χ0) is 18.0. The molecule has 1 aliphatic rings. The molecule has 130 valence electrons. The molecule has 0 fully saturated rings. The zero-order valence-corrected chi connectivity index (χ0v) is 14.0. The summed E-state index contributed by atoms with van der Waals surface area (Å²) in [4.78, 5) is 26.0. The number of carboxylic acid groups (broad SMARTS) is 1. The Morgan fingerprint density at radius 1 is 1.20 bits per heavy atom. The quantitative estimate of drug-likeness (QED) is 0.930. The van der Waals surface area contributed by atoms with Crippen molar-refractivity contribution in [2.45, 2.75) is 32.4 Å². The molecule has 0 saturated heterocycles. The first-order valence-corrected chi connectivity index (χ1v) is 8.30. The van der Waals surface area contributed by atoms with Crippen molar-refractivity contribution in [3.8, 4) is 0 Å². The predicted molar refractivity (Wildman–Crippen MR) is 91.4 cm³/mol. The highest BCUT2D eigenvalue weighted by Gasteiger charge is 2.36. The second-order valence-electron chi connectivity index (χ2n) is 6.53. The normalized spacial score (nSPS) is 17.7. The SMILES string of the molecule is CC(Cc1cccc(F)c1)C(=O)N1Cc2ccccc2CC1C(=O)O. The first-order valence-electron chi connectivity index (χ1n) is 8.30. The lowest BCUT2D eigenvalue weighted by Gasteiger charge is -2.36. The highest BCUT2D eigenvalue weighted by atomic mass is 19.1. The van der Waals surface area contributed by atoms with E-state index in [0.717, 1.165) is 16.7 Å². The Kier molecular flexibility index (Phi) is 4.83. The van der Waals surface area contributed by atoms with Gasteiger partial charge in [-0.15, -0.1) is 0 Å². The highest BCUT2D eigenvalue weighted by Crippen LogP contribution is 2.26. The number of halogens is 1. The number of benzene rings is 2. The number of aliphatic carboxylic acids is 1. The van der Waals surface area contributed by atoms with Crippen LogP contribution in [0.3, 0.4) is 0 Å². The van der Waals surface area contributed by atoms with E-state index in [1.165, 1.54) is 17.0 Å². The minimum atomic E-state index is -0.999. The van der Waals surface area contributed by atoms with E-state index in [1.54, 1.807) is 19.1 Å². The van der Waals surface area contributed by atoms with Crippen molar-refractivity contribution in [3.63, 3.8) is 0 Å². The van der Waals surface area contributed by atoms with E-state index in [-0.39, 0.29) is 11.7 Å². The van der Waals surface area contributed by atoms with Gasteiger partial charge in [0.15, 0.2) is 0 Å². The largest absolute Gasteiger partial charge is 0.480 e. The summed E-state index contributed by atoms with van der Waals surface area (Å²) in [6.45, 7) is 2.05. The molecule has 1 amide bonds. The number of hydrogen-bond donors (Lipinski definition) is 1. The van der Waals surface area contributed by atoms with Crippen molar-refractivity contribution >= 4 is 11.9 Å². The van der Waals surface area contributed by atoms with Gasteiger partial charge in [-0.3, -0.25) is 4.79 Å². The number of carboxylic acids is 1. The van der Waals surface area contributed by atoms with Gasteiger partial charge in [0, 0.05) is 18.9 Å². The number of rotatable bonds is 4. The molecule has 5 heteroatoms. The van der Waals surface area contributed by atoms with Crippen molar-refractivity contribution in [3.05, 3.63) is 71.0 Å².